The highest BCUT2D eigenvalue weighted by atomic mass is 32.2. The fraction of sp³-hybridized carbons (Fsp3) is 0.200. The van der Waals surface area contributed by atoms with Crippen molar-refractivity contribution in [1.82, 2.24) is 14.7 Å². The van der Waals surface area contributed by atoms with Crippen LogP contribution in [0.2, 0.25) is 0 Å². The molecule has 0 unspecified atom stereocenters. The van der Waals surface area contributed by atoms with E-state index < -0.39 is 27.7 Å². The van der Waals surface area contributed by atoms with Gasteiger partial charge in [0.15, 0.2) is 17.3 Å². The van der Waals surface area contributed by atoms with Crippen LogP contribution in [0.25, 0.3) is 11.3 Å². The van der Waals surface area contributed by atoms with Crippen LogP contribution < -0.4 is 19.9 Å². The summed E-state index contributed by atoms with van der Waals surface area (Å²) < 4.78 is 61.9. The second kappa shape index (κ2) is 8.82. The van der Waals surface area contributed by atoms with Crippen LogP contribution in [0, 0.1) is 18.6 Å². The Kier molecular flexibility index (Phi) is 6.37. The highest BCUT2D eigenvalue weighted by molar-refractivity contribution is 7.90. The number of anilines is 2. The van der Waals surface area contributed by atoms with Gasteiger partial charge in [-0.25, -0.2) is 14.1 Å². The molecule has 0 saturated carbocycles. The molecule has 0 spiro atoms. The minimum atomic E-state index is -3.97. The summed E-state index contributed by atoms with van der Waals surface area (Å²) in [5, 5.41) is 0. The van der Waals surface area contributed by atoms with Crippen LogP contribution in [0.4, 0.5) is 20.3 Å². The monoisotopic (exact) mass is 449 g/mol. The van der Waals surface area contributed by atoms with Crippen LogP contribution >= 0.6 is 0 Å². The quantitative estimate of drug-likeness (QED) is 0.508. The van der Waals surface area contributed by atoms with E-state index in [-0.39, 0.29) is 28.4 Å². The van der Waals surface area contributed by atoms with Gasteiger partial charge in [-0.1, -0.05) is 13.0 Å². The third-order valence-corrected chi connectivity index (χ3v) is 5.61. The number of rotatable bonds is 7. The molecule has 0 aliphatic rings. The fourth-order valence-corrected chi connectivity index (χ4v) is 3.26. The molecule has 31 heavy (non-hydrogen) atoms. The number of ether oxygens (including phenoxy) is 1. The molecular weight excluding hydrogens is 428 g/mol. The smallest absolute Gasteiger partial charge is 0.300 e. The first-order valence-electron chi connectivity index (χ1n) is 9.24. The predicted octanol–water partition coefficient (Wildman–Crippen LogP) is 3.54. The van der Waals surface area contributed by atoms with E-state index >= 15 is 0 Å². The molecule has 2 heterocycles. The first kappa shape index (κ1) is 22.4. The van der Waals surface area contributed by atoms with Gasteiger partial charge in [0, 0.05) is 30.4 Å². The molecule has 3 aromatic rings. The number of pyridine rings is 2. The lowest BCUT2D eigenvalue weighted by Crippen LogP contribution is -2.27. The van der Waals surface area contributed by atoms with Crippen LogP contribution in [0.3, 0.4) is 0 Å². The summed E-state index contributed by atoms with van der Waals surface area (Å²) in [5.41, 5.74) is 8.07. The number of nitrogen functional groups attached to an aromatic ring is 1. The van der Waals surface area contributed by atoms with Crippen molar-refractivity contribution in [3.05, 3.63) is 59.4 Å². The Bertz CT molecular complexity index is 1240. The van der Waals surface area contributed by atoms with Crippen molar-refractivity contribution in [3.63, 3.8) is 0 Å². The van der Waals surface area contributed by atoms with E-state index in [9.17, 15) is 17.2 Å². The molecule has 0 atom stereocenters. The number of benzene rings is 1. The molecular formula is C20H21F2N5O3S. The summed E-state index contributed by atoms with van der Waals surface area (Å²) in [6, 6.07) is 6.05. The van der Waals surface area contributed by atoms with Crippen molar-refractivity contribution >= 4 is 21.7 Å². The van der Waals surface area contributed by atoms with Crippen molar-refractivity contribution in [3.8, 4) is 22.8 Å². The van der Waals surface area contributed by atoms with Gasteiger partial charge in [-0.3, -0.25) is 9.71 Å². The van der Waals surface area contributed by atoms with E-state index in [1.807, 2.05) is 16.4 Å². The SMILES string of the molecule is CCc1ccc(-c2ncc(Oc3ccnc(NS(=O)(=O)NC)c3F)c(C)c2N)c(F)c1. The van der Waals surface area contributed by atoms with Gasteiger partial charge in [0.2, 0.25) is 5.82 Å². The largest absolute Gasteiger partial charge is 0.452 e. The highest BCUT2D eigenvalue weighted by Crippen LogP contribution is 2.36. The van der Waals surface area contributed by atoms with Crippen LogP contribution in [0.15, 0.2) is 36.7 Å². The zero-order valence-corrected chi connectivity index (χ0v) is 17.8. The summed E-state index contributed by atoms with van der Waals surface area (Å²) >= 11 is 0. The maximum Gasteiger partial charge on any atom is 0.300 e. The van der Waals surface area contributed by atoms with Crippen molar-refractivity contribution in [2.45, 2.75) is 20.3 Å². The normalized spacial score (nSPS) is 11.4. The van der Waals surface area contributed by atoms with Crippen molar-refractivity contribution in [2.75, 3.05) is 17.5 Å². The number of nitrogens with one attached hydrogen (secondary N) is 2. The van der Waals surface area contributed by atoms with Crippen LogP contribution in [0.1, 0.15) is 18.1 Å². The van der Waals surface area contributed by atoms with Gasteiger partial charge in [-0.05, 0) is 31.0 Å². The van der Waals surface area contributed by atoms with Gasteiger partial charge >= 0.3 is 0 Å². The van der Waals surface area contributed by atoms with Crippen LogP contribution in [-0.4, -0.2) is 25.4 Å². The molecule has 3 rings (SSSR count). The Morgan fingerprint density at radius 3 is 2.55 bits per heavy atom. The fourth-order valence-electron chi connectivity index (χ4n) is 2.76. The van der Waals surface area contributed by atoms with Gasteiger partial charge in [0.05, 0.1) is 17.6 Å². The molecule has 1 aromatic carbocycles. The molecule has 8 nitrogen and oxygen atoms in total. The van der Waals surface area contributed by atoms with Gasteiger partial charge in [-0.2, -0.15) is 12.8 Å². The van der Waals surface area contributed by atoms with Crippen molar-refractivity contribution < 1.29 is 21.9 Å². The second-order valence-electron chi connectivity index (χ2n) is 6.56. The van der Waals surface area contributed by atoms with Gasteiger partial charge in [-0.15, -0.1) is 0 Å². The summed E-state index contributed by atoms with van der Waals surface area (Å²) in [6.45, 7) is 3.54. The second-order valence-corrected chi connectivity index (χ2v) is 8.18. The minimum Gasteiger partial charge on any atom is -0.452 e. The van der Waals surface area contributed by atoms with Crippen LogP contribution in [-0.2, 0) is 16.6 Å². The third-order valence-electron chi connectivity index (χ3n) is 4.61. The number of halogens is 2. The molecule has 0 saturated heterocycles. The number of aromatic nitrogens is 2. The van der Waals surface area contributed by atoms with E-state index in [4.69, 9.17) is 10.5 Å². The predicted molar refractivity (Wildman–Crippen MR) is 114 cm³/mol. The first-order valence-corrected chi connectivity index (χ1v) is 10.7. The molecule has 0 bridgehead atoms. The third kappa shape index (κ3) is 4.72. The van der Waals surface area contributed by atoms with Crippen molar-refractivity contribution in [1.29, 1.82) is 0 Å². The Morgan fingerprint density at radius 1 is 1.16 bits per heavy atom. The maximum absolute atomic E-state index is 14.7. The van der Waals surface area contributed by atoms with Crippen LogP contribution in [0.5, 0.6) is 11.5 Å². The minimum absolute atomic E-state index is 0.124. The lowest BCUT2D eigenvalue weighted by molar-refractivity contribution is 0.438. The molecule has 0 radical (unpaired) electrons. The van der Waals surface area contributed by atoms with Gasteiger partial charge in [0.1, 0.15) is 5.82 Å². The lowest BCUT2D eigenvalue weighted by Gasteiger charge is -2.15. The zero-order valence-electron chi connectivity index (χ0n) is 17.0. The molecule has 2 aromatic heterocycles. The molecule has 0 amide bonds. The first-order chi connectivity index (χ1) is 14.7. The van der Waals surface area contributed by atoms with E-state index in [0.29, 0.717) is 12.0 Å². The highest BCUT2D eigenvalue weighted by Gasteiger charge is 2.19. The molecule has 11 heteroatoms. The van der Waals surface area contributed by atoms with Gasteiger partial charge in [0.25, 0.3) is 10.2 Å². The number of aryl methyl sites for hydroxylation is 1. The Labute approximate surface area is 178 Å². The summed E-state index contributed by atoms with van der Waals surface area (Å²) in [5.74, 6) is -2.18. The average molecular weight is 449 g/mol. The summed E-state index contributed by atoms with van der Waals surface area (Å²) in [4.78, 5) is 7.86. The molecule has 0 fully saturated rings. The number of hydrogen-bond donors (Lipinski definition) is 3. The number of nitrogens with two attached hydrogens (primary N) is 1. The number of nitrogens with zero attached hydrogens (tertiary/aromatic N) is 2. The average Bonchev–Trinajstić information content (AvgIpc) is 2.74. The molecule has 164 valence electrons. The van der Waals surface area contributed by atoms with Crippen molar-refractivity contribution in [2.24, 2.45) is 0 Å². The molecule has 0 aliphatic heterocycles. The maximum atomic E-state index is 14.7. The number of hydrogen-bond acceptors (Lipinski definition) is 6. The zero-order chi connectivity index (χ0) is 22.8. The Balaban J connectivity index is 1.95. The topological polar surface area (TPSA) is 119 Å². The Morgan fingerprint density at radius 2 is 1.90 bits per heavy atom. The van der Waals surface area contributed by atoms with Gasteiger partial charge < -0.3 is 10.5 Å². The molecule has 4 N–H and O–H groups in total. The standard InChI is InChI=1S/C20H21F2N5O3S/c1-4-12-5-6-13(14(21)9-12)19-18(23)11(2)16(10-26-19)30-15-7-8-25-20(17(15)22)27-31(28,29)24-3/h5-10,24H,4,23H2,1-3H3,(H,25,27). The summed E-state index contributed by atoms with van der Waals surface area (Å²) in [6.07, 6.45) is 3.17. The van der Waals surface area contributed by atoms with E-state index in [1.165, 1.54) is 31.6 Å². The molecule has 0 aliphatic carbocycles. The lowest BCUT2D eigenvalue weighted by atomic mass is 10.0. The van der Waals surface area contributed by atoms with E-state index in [0.717, 1.165) is 5.56 Å². The van der Waals surface area contributed by atoms with E-state index in [1.54, 1.807) is 19.1 Å². The Hall–Kier alpha value is -3.31. The van der Waals surface area contributed by atoms with E-state index in [2.05, 4.69) is 9.97 Å². The summed E-state index contributed by atoms with van der Waals surface area (Å²) in [7, 11) is -2.81.